The van der Waals surface area contributed by atoms with Crippen molar-refractivity contribution in [2.75, 3.05) is 7.11 Å². The summed E-state index contributed by atoms with van der Waals surface area (Å²) in [6.07, 6.45) is 0. The number of nitrogens with two attached hydrogens (primary N) is 1. The maximum atomic E-state index is 6.19. The van der Waals surface area contributed by atoms with Crippen molar-refractivity contribution in [1.29, 1.82) is 0 Å². The quantitative estimate of drug-likeness (QED) is 0.669. The van der Waals surface area contributed by atoms with Crippen LogP contribution in [0, 0.1) is 13.8 Å². The molecule has 0 saturated carbocycles. The highest BCUT2D eigenvalue weighted by Gasteiger charge is 2.14. The maximum absolute atomic E-state index is 6.19. The van der Waals surface area contributed by atoms with E-state index >= 15 is 0 Å². The van der Waals surface area contributed by atoms with Gasteiger partial charge < -0.3 is 4.74 Å². The minimum absolute atomic E-state index is 0.0993. The highest BCUT2D eigenvalue weighted by Crippen LogP contribution is 2.28. The molecule has 0 aromatic heterocycles. The van der Waals surface area contributed by atoms with E-state index in [1.54, 1.807) is 7.11 Å². The summed E-state index contributed by atoms with van der Waals surface area (Å²) in [4.78, 5) is 0. The molecule has 2 aromatic rings. The Labute approximate surface area is 124 Å². The molecule has 0 spiro atoms. The molecule has 4 heteroatoms. The minimum Gasteiger partial charge on any atom is -0.496 e. The first-order valence-electron chi connectivity index (χ1n) is 6.43. The number of aryl methyl sites for hydroxylation is 2. The number of methoxy groups -OCH3 is 1. The first-order chi connectivity index (χ1) is 9.56. The Morgan fingerprint density at radius 3 is 2.25 bits per heavy atom. The van der Waals surface area contributed by atoms with E-state index in [1.807, 2.05) is 44.2 Å². The lowest BCUT2D eigenvalue weighted by molar-refractivity contribution is 0.411. The van der Waals surface area contributed by atoms with Crippen molar-refractivity contribution in [1.82, 2.24) is 5.43 Å². The fraction of sp³-hybridized carbons (Fsp3) is 0.250. The lowest BCUT2D eigenvalue weighted by Crippen LogP contribution is -2.28. The standard InChI is InChI=1S/C16H19ClN2O/c1-10-4-5-13(9-14(10)17)16(19-18)12-6-7-15(20-3)11(2)8-12/h4-9,16,19H,18H2,1-3H3. The Balaban J connectivity index is 2.41. The van der Waals surface area contributed by atoms with Crippen molar-refractivity contribution in [3.63, 3.8) is 0 Å². The lowest BCUT2D eigenvalue weighted by atomic mass is 9.97. The molecule has 0 radical (unpaired) electrons. The van der Waals surface area contributed by atoms with Crippen LogP contribution < -0.4 is 16.0 Å². The Bertz CT molecular complexity index is 613. The van der Waals surface area contributed by atoms with Crippen LogP contribution in [0.4, 0.5) is 0 Å². The highest BCUT2D eigenvalue weighted by atomic mass is 35.5. The van der Waals surface area contributed by atoms with E-state index in [-0.39, 0.29) is 6.04 Å². The first kappa shape index (κ1) is 14.9. The number of hydrazine groups is 1. The third-order valence-corrected chi connectivity index (χ3v) is 3.86. The smallest absolute Gasteiger partial charge is 0.121 e. The number of ether oxygens (including phenoxy) is 1. The van der Waals surface area contributed by atoms with Gasteiger partial charge >= 0.3 is 0 Å². The zero-order valence-corrected chi connectivity index (χ0v) is 12.7. The fourth-order valence-corrected chi connectivity index (χ4v) is 2.44. The summed E-state index contributed by atoms with van der Waals surface area (Å²) in [6, 6.07) is 11.9. The predicted octanol–water partition coefficient (Wildman–Crippen LogP) is 3.52. The molecule has 3 N–H and O–H groups in total. The van der Waals surface area contributed by atoms with Gasteiger partial charge in [0.1, 0.15) is 5.75 Å². The number of nitrogens with one attached hydrogen (secondary N) is 1. The second-order valence-electron chi connectivity index (χ2n) is 4.84. The van der Waals surface area contributed by atoms with Crippen molar-refractivity contribution >= 4 is 11.6 Å². The van der Waals surface area contributed by atoms with Crippen LogP contribution in [-0.2, 0) is 0 Å². The third-order valence-electron chi connectivity index (χ3n) is 3.45. The summed E-state index contributed by atoms with van der Waals surface area (Å²) in [5, 5.41) is 0.744. The van der Waals surface area contributed by atoms with Gasteiger partial charge in [0.2, 0.25) is 0 Å². The van der Waals surface area contributed by atoms with Gasteiger partial charge in [-0.3, -0.25) is 5.84 Å². The molecule has 0 aliphatic rings. The van der Waals surface area contributed by atoms with Gasteiger partial charge in [0.05, 0.1) is 13.2 Å². The Kier molecular flexibility index (Phi) is 4.65. The van der Waals surface area contributed by atoms with Crippen LogP contribution in [0.25, 0.3) is 0 Å². The topological polar surface area (TPSA) is 47.3 Å². The molecular weight excluding hydrogens is 272 g/mol. The monoisotopic (exact) mass is 290 g/mol. The number of halogens is 1. The van der Waals surface area contributed by atoms with Gasteiger partial charge in [-0.25, -0.2) is 5.43 Å². The summed E-state index contributed by atoms with van der Waals surface area (Å²) in [5.74, 6) is 6.59. The zero-order valence-electron chi connectivity index (χ0n) is 11.9. The Morgan fingerprint density at radius 1 is 1.05 bits per heavy atom. The molecule has 20 heavy (non-hydrogen) atoms. The zero-order chi connectivity index (χ0) is 14.7. The van der Waals surface area contributed by atoms with Crippen molar-refractivity contribution in [2.24, 2.45) is 5.84 Å². The molecular formula is C16H19ClN2O. The Hall–Kier alpha value is -1.55. The number of rotatable bonds is 4. The normalized spacial score (nSPS) is 12.2. The van der Waals surface area contributed by atoms with Crippen molar-refractivity contribution in [3.8, 4) is 5.75 Å². The number of hydrogen-bond donors (Lipinski definition) is 2. The van der Waals surface area contributed by atoms with Crippen molar-refractivity contribution in [2.45, 2.75) is 19.9 Å². The SMILES string of the molecule is COc1ccc(C(NN)c2ccc(C)c(Cl)c2)cc1C. The Morgan fingerprint density at radius 2 is 1.70 bits per heavy atom. The largest absolute Gasteiger partial charge is 0.496 e. The molecule has 2 rings (SSSR count). The number of benzene rings is 2. The number of hydrogen-bond acceptors (Lipinski definition) is 3. The van der Waals surface area contributed by atoms with Gasteiger partial charge in [0, 0.05) is 5.02 Å². The summed E-state index contributed by atoms with van der Waals surface area (Å²) in [5.41, 5.74) is 7.08. The molecule has 0 heterocycles. The van der Waals surface area contributed by atoms with Crippen LogP contribution in [-0.4, -0.2) is 7.11 Å². The van der Waals surface area contributed by atoms with Gasteiger partial charge in [-0.05, 0) is 48.2 Å². The van der Waals surface area contributed by atoms with E-state index in [2.05, 4.69) is 11.5 Å². The molecule has 2 aromatic carbocycles. The predicted molar refractivity (Wildman–Crippen MR) is 83.1 cm³/mol. The van der Waals surface area contributed by atoms with Crippen molar-refractivity contribution < 1.29 is 4.74 Å². The fourth-order valence-electron chi connectivity index (χ4n) is 2.25. The summed E-state index contributed by atoms with van der Waals surface area (Å²) in [6.45, 7) is 3.99. The molecule has 106 valence electrons. The molecule has 1 atom stereocenters. The third kappa shape index (κ3) is 2.96. The van der Waals surface area contributed by atoms with E-state index in [0.29, 0.717) is 0 Å². The van der Waals surface area contributed by atoms with Gasteiger partial charge in [0.25, 0.3) is 0 Å². The molecule has 0 fully saturated rings. The van der Waals surface area contributed by atoms with Crippen molar-refractivity contribution in [3.05, 3.63) is 63.7 Å². The molecule has 0 saturated heterocycles. The highest BCUT2D eigenvalue weighted by molar-refractivity contribution is 6.31. The first-order valence-corrected chi connectivity index (χ1v) is 6.81. The van der Waals surface area contributed by atoms with Gasteiger partial charge in [-0.1, -0.05) is 35.9 Å². The van der Waals surface area contributed by atoms with Crippen LogP contribution in [0.5, 0.6) is 5.75 Å². The average Bonchev–Trinajstić information content (AvgIpc) is 2.44. The lowest BCUT2D eigenvalue weighted by Gasteiger charge is -2.19. The van der Waals surface area contributed by atoms with E-state index in [0.717, 1.165) is 33.0 Å². The summed E-state index contributed by atoms with van der Waals surface area (Å²) in [7, 11) is 1.67. The average molecular weight is 291 g/mol. The molecule has 3 nitrogen and oxygen atoms in total. The van der Waals surface area contributed by atoms with Crippen LogP contribution in [0.1, 0.15) is 28.3 Å². The molecule has 0 bridgehead atoms. The van der Waals surface area contributed by atoms with E-state index in [4.69, 9.17) is 22.2 Å². The van der Waals surface area contributed by atoms with E-state index in [1.165, 1.54) is 0 Å². The van der Waals surface area contributed by atoms with Crippen LogP contribution in [0.15, 0.2) is 36.4 Å². The second-order valence-corrected chi connectivity index (χ2v) is 5.24. The van der Waals surface area contributed by atoms with Gasteiger partial charge in [0.15, 0.2) is 0 Å². The molecule has 0 aliphatic heterocycles. The van der Waals surface area contributed by atoms with Crippen LogP contribution in [0.2, 0.25) is 5.02 Å². The van der Waals surface area contributed by atoms with E-state index in [9.17, 15) is 0 Å². The van der Waals surface area contributed by atoms with Gasteiger partial charge in [-0.2, -0.15) is 0 Å². The molecule has 0 amide bonds. The summed E-state index contributed by atoms with van der Waals surface area (Å²) < 4.78 is 5.28. The van der Waals surface area contributed by atoms with Gasteiger partial charge in [-0.15, -0.1) is 0 Å². The summed E-state index contributed by atoms with van der Waals surface area (Å²) >= 11 is 6.19. The second kappa shape index (κ2) is 6.27. The minimum atomic E-state index is -0.0993. The molecule has 1 unspecified atom stereocenters. The van der Waals surface area contributed by atoms with Crippen LogP contribution >= 0.6 is 11.6 Å². The molecule has 0 aliphatic carbocycles. The maximum Gasteiger partial charge on any atom is 0.121 e. The van der Waals surface area contributed by atoms with Crippen LogP contribution in [0.3, 0.4) is 0 Å². The van der Waals surface area contributed by atoms with E-state index < -0.39 is 0 Å².